The number of hydrogen-bond acceptors (Lipinski definition) is 3. The average molecular weight is 316 g/mol. The minimum atomic E-state index is -0.905. The van der Waals surface area contributed by atoms with Gasteiger partial charge < -0.3 is 15.8 Å². The summed E-state index contributed by atoms with van der Waals surface area (Å²) < 4.78 is 18.3. The maximum absolute atomic E-state index is 13.2. The monoisotopic (exact) mass is 316 g/mol. The van der Waals surface area contributed by atoms with Gasteiger partial charge >= 0.3 is 0 Å². The van der Waals surface area contributed by atoms with E-state index in [1.165, 1.54) is 25.3 Å². The summed E-state index contributed by atoms with van der Waals surface area (Å²) in [6, 6.07) is 11.4. The van der Waals surface area contributed by atoms with Crippen molar-refractivity contribution in [3.8, 4) is 5.75 Å². The SMILES string of the molecule is COc1cccc(C[C@H](NC(=O)c2cccc(F)c2)C(N)=O)c1. The number of hydrogen-bond donors (Lipinski definition) is 2. The second-order valence-electron chi connectivity index (χ2n) is 4.99. The van der Waals surface area contributed by atoms with Crippen molar-refractivity contribution >= 4 is 11.8 Å². The Balaban J connectivity index is 2.12. The molecule has 0 unspecified atom stereocenters. The van der Waals surface area contributed by atoms with Crippen molar-refractivity contribution in [2.45, 2.75) is 12.5 Å². The molecule has 0 aromatic heterocycles. The van der Waals surface area contributed by atoms with Gasteiger partial charge in [0.15, 0.2) is 0 Å². The van der Waals surface area contributed by atoms with Crippen molar-refractivity contribution in [3.63, 3.8) is 0 Å². The van der Waals surface area contributed by atoms with Crippen molar-refractivity contribution in [3.05, 3.63) is 65.5 Å². The molecule has 2 rings (SSSR count). The number of rotatable bonds is 6. The predicted octanol–water partition coefficient (Wildman–Crippen LogP) is 1.66. The maximum atomic E-state index is 13.2. The lowest BCUT2D eigenvalue weighted by Gasteiger charge is -2.16. The highest BCUT2D eigenvalue weighted by Crippen LogP contribution is 2.14. The van der Waals surface area contributed by atoms with Crippen LogP contribution in [0.3, 0.4) is 0 Å². The Bertz CT molecular complexity index is 718. The molecule has 0 saturated heterocycles. The van der Waals surface area contributed by atoms with Crippen molar-refractivity contribution in [1.29, 1.82) is 0 Å². The molecule has 0 radical (unpaired) electrons. The number of primary amides is 1. The Labute approximate surface area is 133 Å². The topological polar surface area (TPSA) is 81.4 Å². The summed E-state index contributed by atoms with van der Waals surface area (Å²) in [7, 11) is 1.54. The summed E-state index contributed by atoms with van der Waals surface area (Å²) in [5.74, 6) is -1.11. The van der Waals surface area contributed by atoms with E-state index in [4.69, 9.17) is 10.5 Å². The smallest absolute Gasteiger partial charge is 0.252 e. The van der Waals surface area contributed by atoms with Gasteiger partial charge in [0, 0.05) is 12.0 Å². The minimum Gasteiger partial charge on any atom is -0.497 e. The van der Waals surface area contributed by atoms with Crippen LogP contribution < -0.4 is 15.8 Å². The van der Waals surface area contributed by atoms with E-state index in [0.29, 0.717) is 5.75 Å². The van der Waals surface area contributed by atoms with Crippen LogP contribution in [-0.4, -0.2) is 25.0 Å². The summed E-state index contributed by atoms with van der Waals surface area (Å²) >= 11 is 0. The largest absolute Gasteiger partial charge is 0.497 e. The van der Waals surface area contributed by atoms with E-state index in [1.807, 2.05) is 0 Å². The second-order valence-corrected chi connectivity index (χ2v) is 4.99. The van der Waals surface area contributed by atoms with Gasteiger partial charge in [-0.25, -0.2) is 4.39 Å². The number of carbonyl (C=O) groups is 2. The first-order valence-corrected chi connectivity index (χ1v) is 6.98. The van der Waals surface area contributed by atoms with Gasteiger partial charge in [-0.05, 0) is 35.9 Å². The lowest BCUT2D eigenvalue weighted by molar-refractivity contribution is -0.119. The molecule has 1 atom stereocenters. The van der Waals surface area contributed by atoms with Crippen LogP contribution >= 0.6 is 0 Å². The first-order valence-electron chi connectivity index (χ1n) is 6.98. The minimum absolute atomic E-state index is 0.127. The van der Waals surface area contributed by atoms with Gasteiger partial charge in [-0.15, -0.1) is 0 Å². The lowest BCUT2D eigenvalue weighted by Crippen LogP contribution is -2.45. The van der Waals surface area contributed by atoms with E-state index in [0.717, 1.165) is 11.6 Å². The fourth-order valence-corrected chi connectivity index (χ4v) is 2.13. The summed E-state index contributed by atoms with van der Waals surface area (Å²) in [4.78, 5) is 23.7. The highest BCUT2D eigenvalue weighted by atomic mass is 19.1. The number of amides is 2. The second kappa shape index (κ2) is 7.40. The lowest BCUT2D eigenvalue weighted by atomic mass is 10.0. The number of halogens is 1. The van der Waals surface area contributed by atoms with Gasteiger partial charge in [0.25, 0.3) is 5.91 Å². The van der Waals surface area contributed by atoms with Crippen LogP contribution in [0.15, 0.2) is 48.5 Å². The Morgan fingerprint density at radius 1 is 1.22 bits per heavy atom. The van der Waals surface area contributed by atoms with E-state index >= 15 is 0 Å². The molecule has 0 aliphatic rings. The molecule has 5 nitrogen and oxygen atoms in total. The molecule has 2 aromatic rings. The molecule has 0 bridgehead atoms. The van der Waals surface area contributed by atoms with E-state index in [1.54, 1.807) is 24.3 Å². The first kappa shape index (κ1) is 16.5. The molecule has 0 saturated carbocycles. The maximum Gasteiger partial charge on any atom is 0.252 e. The molecule has 0 fully saturated rings. The number of ether oxygens (including phenoxy) is 1. The molecule has 120 valence electrons. The van der Waals surface area contributed by atoms with Gasteiger partial charge in [-0.2, -0.15) is 0 Å². The van der Waals surface area contributed by atoms with Crippen LogP contribution in [0.1, 0.15) is 15.9 Å². The molecule has 6 heteroatoms. The van der Waals surface area contributed by atoms with Crippen molar-refractivity contribution < 1.29 is 18.7 Å². The van der Waals surface area contributed by atoms with Gasteiger partial charge in [0.1, 0.15) is 17.6 Å². The van der Waals surface area contributed by atoms with Crippen LogP contribution in [0, 0.1) is 5.82 Å². The van der Waals surface area contributed by atoms with E-state index in [9.17, 15) is 14.0 Å². The third-order valence-electron chi connectivity index (χ3n) is 3.31. The number of methoxy groups -OCH3 is 1. The number of carbonyl (C=O) groups excluding carboxylic acids is 2. The third-order valence-corrected chi connectivity index (χ3v) is 3.31. The van der Waals surface area contributed by atoms with E-state index in [2.05, 4.69) is 5.32 Å². The molecule has 3 N–H and O–H groups in total. The standard InChI is InChI=1S/C17H17FN2O3/c1-23-14-7-2-4-11(8-14)9-15(16(19)21)20-17(22)12-5-3-6-13(18)10-12/h2-8,10,15H,9H2,1H3,(H2,19,21)(H,20,22)/t15-/m0/s1. The fourth-order valence-electron chi connectivity index (χ4n) is 2.13. The quantitative estimate of drug-likeness (QED) is 0.850. The van der Waals surface area contributed by atoms with Crippen LogP contribution in [-0.2, 0) is 11.2 Å². The zero-order chi connectivity index (χ0) is 16.8. The van der Waals surface area contributed by atoms with Gasteiger partial charge in [0.2, 0.25) is 5.91 Å². The van der Waals surface area contributed by atoms with Gasteiger partial charge in [-0.3, -0.25) is 9.59 Å². The molecule has 0 spiro atoms. The first-order chi connectivity index (χ1) is 11.0. The van der Waals surface area contributed by atoms with E-state index in [-0.39, 0.29) is 12.0 Å². The van der Waals surface area contributed by atoms with Crippen LogP contribution in [0.25, 0.3) is 0 Å². The Hall–Kier alpha value is -2.89. The highest BCUT2D eigenvalue weighted by Gasteiger charge is 2.20. The summed E-state index contributed by atoms with van der Waals surface area (Å²) in [5, 5.41) is 2.52. The summed E-state index contributed by atoms with van der Waals surface area (Å²) in [5.41, 5.74) is 6.26. The summed E-state index contributed by atoms with van der Waals surface area (Å²) in [6.45, 7) is 0. The molecule has 0 aliphatic carbocycles. The zero-order valence-electron chi connectivity index (χ0n) is 12.6. The van der Waals surface area contributed by atoms with Gasteiger partial charge in [0.05, 0.1) is 7.11 Å². The van der Waals surface area contributed by atoms with Crippen LogP contribution in [0.2, 0.25) is 0 Å². The van der Waals surface area contributed by atoms with E-state index < -0.39 is 23.7 Å². The van der Waals surface area contributed by atoms with Gasteiger partial charge in [-0.1, -0.05) is 18.2 Å². The van der Waals surface area contributed by atoms with Crippen molar-refractivity contribution in [1.82, 2.24) is 5.32 Å². The van der Waals surface area contributed by atoms with Crippen molar-refractivity contribution in [2.24, 2.45) is 5.73 Å². The number of nitrogens with one attached hydrogen (secondary N) is 1. The molecular formula is C17H17FN2O3. The molecule has 2 amide bonds. The fraction of sp³-hybridized carbons (Fsp3) is 0.176. The predicted molar refractivity (Wildman–Crippen MR) is 83.5 cm³/mol. The number of benzene rings is 2. The third kappa shape index (κ3) is 4.54. The Morgan fingerprint density at radius 3 is 2.61 bits per heavy atom. The number of nitrogens with two attached hydrogens (primary N) is 1. The zero-order valence-corrected chi connectivity index (χ0v) is 12.6. The Morgan fingerprint density at radius 2 is 1.96 bits per heavy atom. The van der Waals surface area contributed by atoms with Crippen molar-refractivity contribution in [2.75, 3.05) is 7.11 Å². The van der Waals surface area contributed by atoms with Crippen LogP contribution in [0.4, 0.5) is 4.39 Å². The Kier molecular flexibility index (Phi) is 5.30. The molecule has 0 heterocycles. The molecule has 23 heavy (non-hydrogen) atoms. The molecule has 0 aliphatic heterocycles. The highest BCUT2D eigenvalue weighted by molar-refractivity contribution is 5.97. The van der Waals surface area contributed by atoms with Crippen LogP contribution in [0.5, 0.6) is 5.75 Å². The summed E-state index contributed by atoms with van der Waals surface area (Å²) in [6.07, 6.45) is 0.216. The average Bonchev–Trinajstić information content (AvgIpc) is 2.54. The molecule has 2 aromatic carbocycles. The normalized spacial score (nSPS) is 11.6. The molecular weight excluding hydrogens is 299 g/mol.